The van der Waals surface area contributed by atoms with Gasteiger partial charge >= 0.3 is 0 Å². The Morgan fingerprint density at radius 3 is 1.62 bits per heavy atom. The number of nitrogens with zero attached hydrogens (tertiary/aromatic N) is 4. The van der Waals surface area contributed by atoms with Crippen molar-refractivity contribution in [2.75, 3.05) is 14.7 Å². The first kappa shape index (κ1) is 46.4. The maximum absolute atomic E-state index is 2.59. The van der Waals surface area contributed by atoms with Crippen molar-refractivity contribution in [3.05, 3.63) is 289 Å². The van der Waals surface area contributed by atoms with E-state index in [1.165, 1.54) is 78.2 Å². The Hall–Kier alpha value is -9.12. The van der Waals surface area contributed by atoms with Crippen LogP contribution in [-0.4, -0.2) is 10.6 Å². The number of hydrogen-bond donors (Lipinski definition) is 0. The predicted octanol–water partition coefficient (Wildman–Crippen LogP) is 19.5. The maximum Gasteiger partial charge on any atom is 0.0626 e. The molecule has 4 nitrogen and oxygen atoms in total. The van der Waals surface area contributed by atoms with Crippen LogP contribution in [0, 0.1) is 5.92 Å². The van der Waals surface area contributed by atoms with Crippen LogP contribution in [0.1, 0.15) is 60.9 Å². The Bertz CT molecular complexity index is 3880. The Kier molecular flexibility index (Phi) is 12.0. The topological polar surface area (TPSA) is 14.7 Å². The molecule has 14 rings (SSSR count). The van der Waals surface area contributed by atoms with Crippen LogP contribution in [-0.2, 0) is 6.42 Å². The molecule has 77 heavy (non-hydrogen) atoms. The van der Waals surface area contributed by atoms with E-state index in [1.54, 1.807) is 0 Å². The Morgan fingerprint density at radius 1 is 0.468 bits per heavy atom. The van der Waals surface area contributed by atoms with E-state index in [0.717, 1.165) is 66.2 Å². The molecule has 1 aliphatic heterocycles. The number of anilines is 7. The van der Waals surface area contributed by atoms with Gasteiger partial charge in [-0.15, -0.1) is 0 Å². The fraction of sp³-hybridized carbons (Fsp3) is 0.123. The van der Waals surface area contributed by atoms with E-state index in [0.29, 0.717) is 5.92 Å². The third kappa shape index (κ3) is 8.60. The zero-order valence-corrected chi connectivity index (χ0v) is 43.5. The SMILES string of the molecule is CC1C=Cc2c(c3cc(N(c4ccc(C5=CC=CCC5)cc4)c4ccc(-c5ccc(N(c6ccc(-c7ccccc7)cc6)c6ccc7c(c6)C6C=CC=CC6N7C6=CC=CCC6)cc5)cc4)ccc3n2-c2ccccc2)C1. The van der Waals surface area contributed by atoms with Gasteiger partial charge in [-0.1, -0.05) is 165 Å². The van der Waals surface area contributed by atoms with Crippen molar-refractivity contribution in [1.82, 2.24) is 4.57 Å². The first-order chi connectivity index (χ1) is 38.1. The summed E-state index contributed by atoms with van der Waals surface area (Å²) in [4.78, 5) is 7.44. The van der Waals surface area contributed by atoms with E-state index in [2.05, 4.69) is 293 Å². The zero-order valence-electron chi connectivity index (χ0n) is 43.5. The summed E-state index contributed by atoms with van der Waals surface area (Å²) in [7, 11) is 0. The summed E-state index contributed by atoms with van der Waals surface area (Å²) in [5.41, 5.74) is 23.4. The molecule has 4 heteroatoms. The highest BCUT2D eigenvalue weighted by atomic mass is 15.2. The number of fused-ring (bicyclic) bond motifs is 6. The van der Waals surface area contributed by atoms with Gasteiger partial charge in [0.25, 0.3) is 0 Å². The molecule has 372 valence electrons. The number of hydrogen-bond acceptors (Lipinski definition) is 3. The Morgan fingerprint density at radius 2 is 1.01 bits per heavy atom. The summed E-state index contributed by atoms with van der Waals surface area (Å²) >= 11 is 0. The molecule has 0 bridgehead atoms. The fourth-order valence-electron chi connectivity index (χ4n) is 12.6. The highest BCUT2D eigenvalue weighted by Crippen LogP contribution is 2.50. The molecule has 1 aromatic heterocycles. The summed E-state index contributed by atoms with van der Waals surface area (Å²) in [5, 5.41) is 1.31. The van der Waals surface area contributed by atoms with E-state index in [9.17, 15) is 0 Å². The molecule has 0 N–H and O–H groups in total. The van der Waals surface area contributed by atoms with Crippen LogP contribution in [0.2, 0.25) is 0 Å². The molecule has 0 saturated heterocycles. The van der Waals surface area contributed by atoms with Gasteiger partial charge in [0.15, 0.2) is 0 Å². The lowest BCUT2D eigenvalue weighted by atomic mass is 9.91. The molecule has 0 amide bonds. The minimum Gasteiger partial charge on any atom is -0.337 e. The molecule has 3 atom stereocenters. The first-order valence-corrected chi connectivity index (χ1v) is 27.6. The Labute approximate surface area is 453 Å². The second-order valence-corrected chi connectivity index (χ2v) is 21.2. The van der Waals surface area contributed by atoms with Crippen molar-refractivity contribution < 1.29 is 0 Å². The molecule has 0 fully saturated rings. The van der Waals surface area contributed by atoms with Crippen LogP contribution < -0.4 is 14.7 Å². The lowest BCUT2D eigenvalue weighted by Crippen LogP contribution is -2.32. The molecule has 0 saturated carbocycles. The van der Waals surface area contributed by atoms with E-state index in [1.807, 2.05) is 0 Å². The monoisotopic (exact) mass is 992 g/mol. The van der Waals surface area contributed by atoms with Crippen LogP contribution in [0.4, 0.5) is 39.8 Å². The first-order valence-electron chi connectivity index (χ1n) is 27.6. The largest absolute Gasteiger partial charge is 0.337 e. The van der Waals surface area contributed by atoms with Gasteiger partial charge in [-0.3, -0.25) is 0 Å². The predicted molar refractivity (Wildman–Crippen MR) is 326 cm³/mol. The molecule has 2 heterocycles. The van der Waals surface area contributed by atoms with Gasteiger partial charge in [0.1, 0.15) is 0 Å². The number of allylic oxidation sites excluding steroid dienone is 11. The lowest BCUT2D eigenvalue weighted by Gasteiger charge is -2.31. The molecule has 4 aliphatic carbocycles. The fourth-order valence-corrected chi connectivity index (χ4v) is 12.6. The van der Waals surface area contributed by atoms with Crippen LogP contribution in [0.5, 0.6) is 0 Å². The summed E-state index contributed by atoms with van der Waals surface area (Å²) in [5.74, 6) is 0.745. The van der Waals surface area contributed by atoms with E-state index >= 15 is 0 Å². The van der Waals surface area contributed by atoms with E-state index < -0.39 is 0 Å². The van der Waals surface area contributed by atoms with Crippen molar-refractivity contribution in [2.45, 2.75) is 51.0 Å². The molecule has 0 radical (unpaired) electrons. The minimum atomic E-state index is 0.269. The number of aromatic nitrogens is 1. The average molecular weight is 993 g/mol. The minimum absolute atomic E-state index is 0.269. The van der Waals surface area contributed by atoms with Gasteiger partial charge in [0.05, 0.1) is 11.6 Å². The standard InChI is InChI=1S/C73H60N4/c1-51-26-45-71-67(48-51)69-50-65(44-47-73(69)77(71)59-22-12-5-13-23-59)75(61-37-29-55(30-38-61)53-18-8-3-9-19-53)63-41-33-57(34-42-63)56-31-39-62(40-32-56)74(60-35-27-54(28-36-60)52-16-6-2-7-17-52)64-43-46-72-68(49-64)66-24-14-15-25-70(66)76(72)58-20-10-4-11-21-58/h2-8,10,12-18,20,22-47,49-51,66,70H,9,11,19,21,48H2,1H3. The maximum atomic E-state index is 2.59. The highest BCUT2D eigenvalue weighted by Gasteiger charge is 2.38. The number of benzene rings is 8. The smallest absolute Gasteiger partial charge is 0.0626 e. The third-order valence-corrected chi connectivity index (χ3v) is 16.4. The summed E-state index contributed by atoms with van der Waals surface area (Å²) in [6, 6.07) is 72.5. The van der Waals surface area contributed by atoms with Crippen molar-refractivity contribution in [3.63, 3.8) is 0 Å². The second kappa shape index (κ2) is 19.9. The average Bonchev–Trinajstić information content (AvgIpc) is 4.12. The van der Waals surface area contributed by atoms with Crippen LogP contribution >= 0.6 is 0 Å². The van der Waals surface area contributed by atoms with Gasteiger partial charge < -0.3 is 19.3 Å². The lowest BCUT2D eigenvalue weighted by molar-refractivity contribution is 0.701. The van der Waals surface area contributed by atoms with Gasteiger partial charge in [0.2, 0.25) is 0 Å². The number of rotatable bonds is 11. The van der Waals surface area contributed by atoms with Crippen LogP contribution in [0.3, 0.4) is 0 Å². The summed E-state index contributed by atoms with van der Waals surface area (Å²) in [6.45, 7) is 2.33. The molecule has 9 aromatic rings. The van der Waals surface area contributed by atoms with E-state index in [-0.39, 0.29) is 12.0 Å². The third-order valence-electron chi connectivity index (χ3n) is 16.4. The van der Waals surface area contributed by atoms with Gasteiger partial charge in [0, 0.05) is 68.2 Å². The van der Waals surface area contributed by atoms with Crippen molar-refractivity contribution in [1.29, 1.82) is 0 Å². The quantitative estimate of drug-likeness (QED) is 0.128. The molecule has 3 unspecified atom stereocenters. The van der Waals surface area contributed by atoms with Crippen LogP contribution in [0.15, 0.2) is 267 Å². The molecule has 0 spiro atoms. The van der Waals surface area contributed by atoms with Crippen molar-refractivity contribution >= 4 is 62.4 Å². The summed E-state index contributed by atoms with van der Waals surface area (Å²) in [6.07, 6.45) is 32.7. The van der Waals surface area contributed by atoms with Crippen molar-refractivity contribution in [3.8, 4) is 27.9 Å². The molecular formula is C73H60N4. The molecule has 8 aromatic carbocycles. The van der Waals surface area contributed by atoms with E-state index in [4.69, 9.17) is 0 Å². The van der Waals surface area contributed by atoms with Gasteiger partial charge in [-0.25, -0.2) is 0 Å². The Balaban J connectivity index is 0.824. The van der Waals surface area contributed by atoms with Gasteiger partial charge in [-0.2, -0.15) is 0 Å². The summed E-state index contributed by atoms with van der Waals surface area (Å²) < 4.78 is 2.44. The zero-order chi connectivity index (χ0) is 51.2. The molecule has 5 aliphatic rings. The second-order valence-electron chi connectivity index (χ2n) is 21.2. The highest BCUT2D eigenvalue weighted by molar-refractivity contribution is 5.95. The van der Waals surface area contributed by atoms with Gasteiger partial charge in [-0.05, 0) is 192 Å². The normalized spacial score (nSPS) is 17.9. The van der Waals surface area contributed by atoms with Crippen molar-refractivity contribution in [2.24, 2.45) is 5.92 Å². The number of para-hydroxylation sites is 1. The van der Waals surface area contributed by atoms with Crippen LogP contribution in [0.25, 0.3) is 50.5 Å². The molecular weight excluding hydrogens is 933 g/mol.